The number of carbonyl (C=O) groups excluding carboxylic acids is 1. The van der Waals surface area contributed by atoms with Gasteiger partial charge in [0.25, 0.3) is 5.91 Å². The van der Waals surface area contributed by atoms with Crippen LogP contribution in [-0.4, -0.2) is 21.7 Å². The van der Waals surface area contributed by atoms with Crippen molar-refractivity contribution in [2.24, 2.45) is 0 Å². The number of likely N-dealkylation sites (N-methyl/N-ethyl adjacent to an activating group) is 1. The van der Waals surface area contributed by atoms with E-state index < -0.39 is 0 Å². The lowest BCUT2D eigenvalue weighted by molar-refractivity contribution is -0.121. The highest BCUT2D eigenvalue weighted by Crippen LogP contribution is 2.37. The van der Waals surface area contributed by atoms with E-state index in [-0.39, 0.29) is 5.91 Å². The molecule has 0 aromatic heterocycles. The predicted molar refractivity (Wildman–Crippen MR) is 120 cm³/mol. The van der Waals surface area contributed by atoms with Gasteiger partial charge in [-0.25, -0.2) is 0 Å². The molecular formula is C19H14BrCl2NO2S2. The molecule has 0 spiro atoms. The van der Waals surface area contributed by atoms with Crippen LogP contribution in [0.3, 0.4) is 0 Å². The monoisotopic (exact) mass is 501 g/mol. The summed E-state index contributed by atoms with van der Waals surface area (Å²) in [5.74, 6) is 0.315. The molecular weight excluding hydrogens is 489 g/mol. The second-order valence-corrected chi connectivity index (χ2v) is 9.06. The molecule has 3 nitrogen and oxygen atoms in total. The summed E-state index contributed by atoms with van der Waals surface area (Å²) in [6.07, 6.45) is 1.74. The van der Waals surface area contributed by atoms with E-state index in [4.69, 9.17) is 40.2 Å². The summed E-state index contributed by atoms with van der Waals surface area (Å²) in [7, 11) is 0. The van der Waals surface area contributed by atoms with Gasteiger partial charge in [-0.1, -0.05) is 75.2 Å². The minimum Gasteiger partial charge on any atom is -0.486 e. The maximum atomic E-state index is 12.3. The molecule has 1 fully saturated rings. The van der Waals surface area contributed by atoms with Crippen molar-refractivity contribution >= 4 is 79.4 Å². The van der Waals surface area contributed by atoms with Gasteiger partial charge in [0.1, 0.15) is 10.9 Å². The summed E-state index contributed by atoms with van der Waals surface area (Å²) in [4.78, 5) is 14.4. The van der Waals surface area contributed by atoms with Crippen LogP contribution >= 0.6 is 63.1 Å². The molecule has 1 aliphatic heterocycles. The van der Waals surface area contributed by atoms with Crippen LogP contribution in [0.1, 0.15) is 18.1 Å². The fraction of sp³-hybridized carbons (Fsp3) is 0.158. The SMILES string of the molecule is CCN1C(=O)/C(=C/c2cc(Cl)c(OCc3ccc(Br)cc3)c(Cl)c2)SC1=S. The van der Waals surface area contributed by atoms with Gasteiger partial charge in [-0.2, -0.15) is 0 Å². The van der Waals surface area contributed by atoms with E-state index >= 15 is 0 Å². The minimum absolute atomic E-state index is 0.102. The molecule has 0 saturated carbocycles. The van der Waals surface area contributed by atoms with E-state index in [1.807, 2.05) is 31.2 Å². The number of carbonyl (C=O) groups is 1. The first kappa shape index (κ1) is 20.7. The highest BCUT2D eigenvalue weighted by Gasteiger charge is 2.30. The van der Waals surface area contributed by atoms with Gasteiger partial charge in [-0.15, -0.1) is 0 Å². The van der Waals surface area contributed by atoms with Gasteiger partial charge < -0.3 is 4.74 Å². The molecule has 0 unspecified atom stereocenters. The molecule has 1 aliphatic rings. The Labute approximate surface area is 185 Å². The quantitative estimate of drug-likeness (QED) is 0.342. The zero-order chi connectivity index (χ0) is 19.6. The fourth-order valence-electron chi connectivity index (χ4n) is 2.46. The number of halogens is 3. The van der Waals surface area contributed by atoms with E-state index in [1.54, 1.807) is 23.1 Å². The number of nitrogens with zero attached hydrogens (tertiary/aromatic N) is 1. The molecule has 0 bridgehead atoms. The Morgan fingerprint density at radius 2 is 1.85 bits per heavy atom. The number of ether oxygens (including phenoxy) is 1. The highest BCUT2D eigenvalue weighted by atomic mass is 79.9. The smallest absolute Gasteiger partial charge is 0.266 e. The Hall–Kier alpha value is -1.05. The molecule has 0 aliphatic carbocycles. The van der Waals surface area contributed by atoms with E-state index in [1.165, 1.54) is 11.8 Å². The zero-order valence-electron chi connectivity index (χ0n) is 14.2. The molecule has 1 saturated heterocycles. The molecule has 2 aromatic rings. The minimum atomic E-state index is -0.102. The molecule has 0 radical (unpaired) electrons. The molecule has 2 aromatic carbocycles. The third-order valence-corrected chi connectivity index (χ3v) is 6.27. The Kier molecular flexibility index (Phi) is 6.87. The van der Waals surface area contributed by atoms with Crippen molar-refractivity contribution in [2.75, 3.05) is 6.54 Å². The highest BCUT2D eigenvalue weighted by molar-refractivity contribution is 9.10. The number of thioether (sulfide) groups is 1. The number of hydrogen-bond donors (Lipinski definition) is 0. The van der Waals surface area contributed by atoms with Crippen LogP contribution in [-0.2, 0) is 11.4 Å². The van der Waals surface area contributed by atoms with Crippen molar-refractivity contribution in [2.45, 2.75) is 13.5 Å². The lowest BCUT2D eigenvalue weighted by atomic mass is 10.2. The lowest BCUT2D eigenvalue weighted by Crippen LogP contribution is -2.27. The van der Waals surface area contributed by atoms with Gasteiger partial charge in [0.2, 0.25) is 0 Å². The maximum Gasteiger partial charge on any atom is 0.266 e. The number of amides is 1. The summed E-state index contributed by atoms with van der Waals surface area (Å²) in [5.41, 5.74) is 1.72. The van der Waals surface area contributed by atoms with Crippen LogP contribution in [0.5, 0.6) is 5.75 Å². The standard InChI is InChI=1S/C19H14BrCl2NO2S2/c1-2-23-18(24)16(27-19(23)26)9-12-7-14(21)17(15(22)8-12)25-10-11-3-5-13(20)6-4-11/h3-9H,2,10H2,1H3/b16-9-. The third-order valence-electron chi connectivity index (χ3n) is 3.80. The molecule has 0 N–H and O–H groups in total. The molecule has 0 atom stereocenters. The average molecular weight is 503 g/mol. The Bertz CT molecular complexity index is 909. The Morgan fingerprint density at radius 1 is 1.22 bits per heavy atom. The molecule has 1 amide bonds. The number of benzene rings is 2. The molecule has 27 heavy (non-hydrogen) atoms. The first-order valence-corrected chi connectivity index (χ1v) is 10.8. The van der Waals surface area contributed by atoms with Gasteiger partial charge in [0.05, 0.1) is 15.0 Å². The van der Waals surface area contributed by atoms with Crippen molar-refractivity contribution in [1.29, 1.82) is 0 Å². The lowest BCUT2D eigenvalue weighted by Gasteiger charge is -2.11. The van der Waals surface area contributed by atoms with Crippen molar-refractivity contribution in [1.82, 2.24) is 4.90 Å². The fourth-order valence-corrected chi connectivity index (χ4v) is 4.72. The summed E-state index contributed by atoms with van der Waals surface area (Å²) in [6, 6.07) is 11.2. The first-order chi connectivity index (χ1) is 12.9. The molecule has 1 heterocycles. The molecule has 3 rings (SSSR count). The van der Waals surface area contributed by atoms with E-state index in [2.05, 4.69) is 15.9 Å². The van der Waals surface area contributed by atoms with Crippen LogP contribution in [0.2, 0.25) is 10.0 Å². The molecule has 8 heteroatoms. The zero-order valence-corrected chi connectivity index (χ0v) is 18.9. The summed E-state index contributed by atoms with van der Waals surface area (Å²) in [5, 5.41) is 0.772. The summed E-state index contributed by atoms with van der Waals surface area (Å²) < 4.78 is 7.35. The maximum absolute atomic E-state index is 12.3. The van der Waals surface area contributed by atoms with Crippen molar-refractivity contribution in [3.63, 3.8) is 0 Å². The van der Waals surface area contributed by atoms with Crippen LogP contribution in [0.15, 0.2) is 45.8 Å². The average Bonchev–Trinajstić information content (AvgIpc) is 2.88. The Morgan fingerprint density at radius 3 is 2.41 bits per heavy atom. The van der Waals surface area contributed by atoms with Crippen LogP contribution in [0, 0.1) is 0 Å². The third kappa shape index (κ3) is 4.87. The van der Waals surface area contributed by atoms with Crippen molar-refractivity contribution in [3.8, 4) is 5.75 Å². The van der Waals surface area contributed by atoms with Gasteiger partial charge >= 0.3 is 0 Å². The van der Waals surface area contributed by atoms with E-state index in [0.29, 0.717) is 38.2 Å². The van der Waals surface area contributed by atoms with Crippen LogP contribution < -0.4 is 4.74 Å². The predicted octanol–water partition coefficient (Wildman–Crippen LogP) is 6.56. The van der Waals surface area contributed by atoms with Crippen molar-refractivity contribution < 1.29 is 9.53 Å². The largest absolute Gasteiger partial charge is 0.486 e. The molecule has 140 valence electrons. The van der Waals surface area contributed by atoms with Gasteiger partial charge in [0.15, 0.2) is 5.75 Å². The van der Waals surface area contributed by atoms with Crippen LogP contribution in [0.4, 0.5) is 0 Å². The Balaban J connectivity index is 1.79. The number of hydrogen-bond acceptors (Lipinski definition) is 4. The van der Waals surface area contributed by atoms with Crippen LogP contribution in [0.25, 0.3) is 6.08 Å². The van der Waals surface area contributed by atoms with Gasteiger partial charge in [-0.3, -0.25) is 9.69 Å². The summed E-state index contributed by atoms with van der Waals surface area (Å²) >= 11 is 22.6. The van der Waals surface area contributed by atoms with Crippen molar-refractivity contribution in [3.05, 3.63) is 66.9 Å². The second-order valence-electron chi connectivity index (χ2n) is 5.65. The topological polar surface area (TPSA) is 29.5 Å². The first-order valence-electron chi connectivity index (χ1n) is 8.00. The van der Waals surface area contributed by atoms with E-state index in [0.717, 1.165) is 15.6 Å². The van der Waals surface area contributed by atoms with E-state index in [9.17, 15) is 4.79 Å². The normalized spacial score (nSPS) is 15.7. The second kappa shape index (κ2) is 8.97. The van der Waals surface area contributed by atoms with Gasteiger partial charge in [-0.05, 0) is 48.4 Å². The van der Waals surface area contributed by atoms with Gasteiger partial charge in [0, 0.05) is 11.0 Å². The number of thiocarbonyl (C=S) groups is 1. The summed E-state index contributed by atoms with van der Waals surface area (Å²) in [6.45, 7) is 2.78. The number of rotatable bonds is 5.